The zero-order valence-corrected chi connectivity index (χ0v) is 13.3. The molecule has 0 aromatic carbocycles. The van der Waals surface area contributed by atoms with Crippen LogP contribution in [0.1, 0.15) is 42.8 Å². The Morgan fingerprint density at radius 1 is 1.36 bits per heavy atom. The minimum Gasteiger partial charge on any atom is -0.451 e. The van der Waals surface area contributed by atoms with Gasteiger partial charge >= 0.3 is 11.0 Å². The molecule has 1 aliphatic heterocycles. The first-order valence-corrected chi connectivity index (χ1v) is 7.94. The number of nitrogens with zero attached hydrogens (tertiary/aromatic N) is 2. The number of piperidine rings is 1. The number of amides is 1. The first-order chi connectivity index (χ1) is 10.4. The summed E-state index contributed by atoms with van der Waals surface area (Å²) in [6.07, 6.45) is 2.98. The van der Waals surface area contributed by atoms with E-state index < -0.39 is 10.9 Å². The molecule has 1 saturated heterocycles. The van der Waals surface area contributed by atoms with Crippen LogP contribution in [-0.2, 0) is 9.53 Å². The number of ether oxygens (including phenoxy) is 1. The van der Waals surface area contributed by atoms with Gasteiger partial charge in [-0.2, -0.15) is 0 Å². The van der Waals surface area contributed by atoms with Crippen LogP contribution in [0.4, 0.5) is 5.00 Å². The van der Waals surface area contributed by atoms with Gasteiger partial charge in [0.2, 0.25) is 0 Å². The van der Waals surface area contributed by atoms with E-state index in [2.05, 4.69) is 0 Å². The van der Waals surface area contributed by atoms with Gasteiger partial charge in [0.1, 0.15) is 4.88 Å². The lowest BCUT2D eigenvalue weighted by Crippen LogP contribution is -2.49. The van der Waals surface area contributed by atoms with Gasteiger partial charge in [0, 0.05) is 18.2 Å². The highest BCUT2D eigenvalue weighted by Gasteiger charge is 2.29. The number of hydrogen-bond acceptors (Lipinski definition) is 6. The molecule has 2 rings (SSSR count). The Hall–Kier alpha value is -1.96. The molecule has 1 aliphatic rings. The molecule has 0 spiro atoms. The van der Waals surface area contributed by atoms with Crippen LogP contribution in [-0.4, -0.2) is 40.4 Å². The fraction of sp³-hybridized carbons (Fsp3) is 0.571. The van der Waals surface area contributed by atoms with Crippen molar-refractivity contribution in [2.45, 2.75) is 45.2 Å². The minimum atomic E-state index is -0.705. The van der Waals surface area contributed by atoms with E-state index in [0.29, 0.717) is 0 Å². The summed E-state index contributed by atoms with van der Waals surface area (Å²) in [4.78, 5) is 35.9. The lowest BCUT2D eigenvalue weighted by atomic mass is 9.97. The second kappa shape index (κ2) is 6.87. The highest BCUT2D eigenvalue weighted by Crippen LogP contribution is 2.25. The molecule has 0 saturated carbocycles. The van der Waals surface area contributed by atoms with Crippen LogP contribution < -0.4 is 0 Å². The maximum Gasteiger partial charge on any atom is 0.349 e. The number of carbonyl (C=O) groups excluding carboxylic acids is 2. The molecule has 8 heteroatoms. The van der Waals surface area contributed by atoms with Gasteiger partial charge in [0.05, 0.1) is 4.92 Å². The third-order valence-electron chi connectivity index (χ3n) is 3.78. The number of hydrogen-bond donors (Lipinski definition) is 0. The van der Waals surface area contributed by atoms with E-state index in [-0.39, 0.29) is 34.5 Å². The zero-order chi connectivity index (χ0) is 16.3. The average Bonchev–Trinajstić information content (AvgIpc) is 2.94. The normalized spacial score (nSPS) is 21.5. The van der Waals surface area contributed by atoms with Crippen LogP contribution in [0.5, 0.6) is 0 Å². The van der Waals surface area contributed by atoms with Crippen molar-refractivity contribution < 1.29 is 19.2 Å². The molecule has 2 heterocycles. The molecule has 0 bridgehead atoms. The molecule has 0 radical (unpaired) electrons. The van der Waals surface area contributed by atoms with Crippen molar-refractivity contribution in [3.63, 3.8) is 0 Å². The van der Waals surface area contributed by atoms with Crippen LogP contribution in [0.2, 0.25) is 0 Å². The predicted molar refractivity (Wildman–Crippen MR) is 80.9 cm³/mol. The first-order valence-electron chi connectivity index (χ1n) is 7.12. The molecular formula is C14H18N2O5S. The van der Waals surface area contributed by atoms with Crippen molar-refractivity contribution in [1.82, 2.24) is 4.90 Å². The summed E-state index contributed by atoms with van der Waals surface area (Å²) in [5.74, 6) is -0.928. The Morgan fingerprint density at radius 2 is 2.00 bits per heavy atom. The molecule has 22 heavy (non-hydrogen) atoms. The lowest BCUT2D eigenvalue weighted by Gasteiger charge is -2.38. The van der Waals surface area contributed by atoms with Crippen LogP contribution in [0.3, 0.4) is 0 Å². The van der Waals surface area contributed by atoms with E-state index in [1.165, 1.54) is 12.1 Å². The largest absolute Gasteiger partial charge is 0.451 e. The Balaban J connectivity index is 1.92. The topological polar surface area (TPSA) is 89.8 Å². The van der Waals surface area contributed by atoms with Gasteiger partial charge in [-0.15, -0.1) is 0 Å². The van der Waals surface area contributed by atoms with Crippen molar-refractivity contribution >= 4 is 28.2 Å². The third kappa shape index (κ3) is 3.62. The molecule has 2 atom stereocenters. The van der Waals surface area contributed by atoms with Crippen molar-refractivity contribution in [1.29, 1.82) is 0 Å². The molecule has 120 valence electrons. The standard InChI is InChI=1S/C14H18N2O5S/c1-9-4-3-5-10(2)15(9)12(17)8-21-14(18)11-6-7-13(22-11)16(19)20/h6-7,9-10H,3-5,8H2,1-2H3/t9-,10-/m1/s1. The zero-order valence-electron chi connectivity index (χ0n) is 12.5. The van der Waals surface area contributed by atoms with Crippen molar-refractivity contribution in [3.8, 4) is 0 Å². The molecule has 0 aliphatic carbocycles. The molecule has 1 amide bonds. The fourth-order valence-electron chi connectivity index (χ4n) is 2.72. The van der Waals surface area contributed by atoms with E-state index in [4.69, 9.17) is 4.74 Å². The van der Waals surface area contributed by atoms with Gasteiger partial charge in [-0.25, -0.2) is 4.79 Å². The molecule has 1 fully saturated rings. The second-order valence-electron chi connectivity index (χ2n) is 5.40. The van der Waals surface area contributed by atoms with Crippen molar-refractivity contribution in [2.75, 3.05) is 6.61 Å². The summed E-state index contributed by atoms with van der Waals surface area (Å²) in [7, 11) is 0. The highest BCUT2D eigenvalue weighted by atomic mass is 32.1. The molecule has 1 aromatic rings. The smallest absolute Gasteiger partial charge is 0.349 e. The Labute approximate surface area is 132 Å². The molecule has 0 N–H and O–H groups in total. The van der Waals surface area contributed by atoms with E-state index in [1.54, 1.807) is 4.90 Å². The number of carbonyl (C=O) groups is 2. The second-order valence-corrected chi connectivity index (χ2v) is 6.46. The maximum atomic E-state index is 12.2. The van der Waals surface area contributed by atoms with Crippen LogP contribution in [0.25, 0.3) is 0 Å². The van der Waals surface area contributed by atoms with Gasteiger partial charge in [-0.05, 0) is 39.2 Å². The molecular weight excluding hydrogens is 308 g/mol. The fourth-order valence-corrected chi connectivity index (χ4v) is 3.44. The van der Waals surface area contributed by atoms with Crippen LogP contribution >= 0.6 is 11.3 Å². The predicted octanol–water partition coefficient (Wildman–Crippen LogP) is 2.60. The number of nitro groups is 1. The number of likely N-dealkylation sites (tertiary alicyclic amines) is 1. The monoisotopic (exact) mass is 326 g/mol. The average molecular weight is 326 g/mol. The Morgan fingerprint density at radius 3 is 2.55 bits per heavy atom. The van der Waals surface area contributed by atoms with E-state index in [1.807, 2.05) is 13.8 Å². The molecule has 7 nitrogen and oxygen atoms in total. The van der Waals surface area contributed by atoms with E-state index in [9.17, 15) is 19.7 Å². The Kier molecular flexibility index (Phi) is 5.12. The quantitative estimate of drug-likeness (QED) is 0.482. The number of esters is 1. The highest BCUT2D eigenvalue weighted by molar-refractivity contribution is 7.17. The van der Waals surface area contributed by atoms with E-state index >= 15 is 0 Å². The summed E-state index contributed by atoms with van der Waals surface area (Å²) in [6, 6.07) is 2.86. The summed E-state index contributed by atoms with van der Waals surface area (Å²) in [5.41, 5.74) is 0. The maximum absolute atomic E-state index is 12.2. The molecule has 1 aromatic heterocycles. The summed E-state index contributed by atoms with van der Waals surface area (Å²) >= 11 is 0.739. The number of rotatable bonds is 4. The van der Waals surface area contributed by atoms with Gasteiger partial charge in [0.25, 0.3) is 5.91 Å². The summed E-state index contributed by atoms with van der Waals surface area (Å²) in [5, 5.41) is 10.5. The summed E-state index contributed by atoms with van der Waals surface area (Å²) < 4.78 is 4.99. The van der Waals surface area contributed by atoms with Crippen LogP contribution in [0.15, 0.2) is 12.1 Å². The van der Waals surface area contributed by atoms with Gasteiger partial charge in [-0.1, -0.05) is 11.3 Å². The van der Waals surface area contributed by atoms with Gasteiger partial charge < -0.3 is 9.64 Å². The van der Waals surface area contributed by atoms with Crippen molar-refractivity contribution in [2.24, 2.45) is 0 Å². The van der Waals surface area contributed by atoms with Crippen LogP contribution in [0, 0.1) is 10.1 Å². The van der Waals surface area contributed by atoms with E-state index in [0.717, 1.165) is 30.6 Å². The lowest BCUT2D eigenvalue weighted by molar-refractivity contribution is -0.380. The summed E-state index contributed by atoms with van der Waals surface area (Å²) in [6.45, 7) is 3.63. The first kappa shape index (κ1) is 16.4. The molecule has 0 unspecified atom stereocenters. The van der Waals surface area contributed by atoms with Gasteiger partial charge in [-0.3, -0.25) is 14.9 Å². The SMILES string of the molecule is C[C@@H]1CCC[C@@H](C)N1C(=O)COC(=O)c1ccc([N+](=O)[O-])s1. The minimum absolute atomic E-state index is 0.124. The van der Waals surface area contributed by atoms with Gasteiger partial charge in [0.15, 0.2) is 6.61 Å². The third-order valence-corrected chi connectivity index (χ3v) is 4.80. The number of thiophene rings is 1. The van der Waals surface area contributed by atoms with Crippen molar-refractivity contribution in [3.05, 3.63) is 27.1 Å². The Bertz CT molecular complexity index is 576.